The van der Waals surface area contributed by atoms with Crippen molar-refractivity contribution in [2.75, 3.05) is 64.7 Å². The van der Waals surface area contributed by atoms with E-state index in [1.807, 2.05) is 31.9 Å². The van der Waals surface area contributed by atoms with Crippen LogP contribution in [0.25, 0.3) is 43.7 Å². The Kier molecular flexibility index (Phi) is 13.0. The van der Waals surface area contributed by atoms with Crippen LogP contribution < -0.4 is 14.4 Å². The highest BCUT2D eigenvalue weighted by atomic mass is 28.3. The summed E-state index contributed by atoms with van der Waals surface area (Å²) in [7, 11) is 0.915. The summed E-state index contributed by atoms with van der Waals surface area (Å²) in [6.07, 6.45) is 2.44. The Hall–Kier alpha value is -5.11. The lowest BCUT2D eigenvalue weighted by molar-refractivity contribution is 0.0240. The molecule has 0 bridgehead atoms. The number of amides is 1. The maximum Gasteiger partial charge on any atom is 0.410 e. The zero-order valence-corrected chi connectivity index (χ0v) is 41.3. The molecule has 2 atom stereocenters. The molecule has 8 rings (SSSR count). The molecule has 16 heteroatoms. The fourth-order valence-corrected chi connectivity index (χ4v) is 16.3. The number of fused-ring (bicyclic) bond motifs is 5. The third kappa shape index (κ3) is 8.67. The van der Waals surface area contributed by atoms with E-state index in [1.54, 1.807) is 34.8 Å². The van der Waals surface area contributed by atoms with Crippen LogP contribution in [0.5, 0.6) is 11.8 Å². The highest BCUT2D eigenvalue weighted by Gasteiger charge is 2.49. The van der Waals surface area contributed by atoms with Crippen LogP contribution in [0, 0.1) is 23.1 Å². The van der Waals surface area contributed by atoms with Gasteiger partial charge in [0.1, 0.15) is 54.9 Å². The van der Waals surface area contributed by atoms with Gasteiger partial charge < -0.3 is 28.7 Å². The predicted octanol–water partition coefficient (Wildman–Crippen LogP) is 10.2. The quantitative estimate of drug-likeness (QED) is 0.0722. The summed E-state index contributed by atoms with van der Waals surface area (Å²) < 4.78 is 75.1. The van der Waals surface area contributed by atoms with Crippen LogP contribution in [-0.2, 0) is 16.5 Å². The van der Waals surface area contributed by atoms with E-state index < -0.39 is 43.1 Å². The molecule has 0 spiro atoms. The smallest absolute Gasteiger partial charge is 0.410 e. The van der Waals surface area contributed by atoms with Crippen LogP contribution in [0.1, 0.15) is 87.1 Å². The number of nitrogens with zero attached hydrogens (tertiary/aromatic N) is 7. The van der Waals surface area contributed by atoms with Gasteiger partial charge in [-0.2, -0.15) is 15.1 Å². The molecule has 0 N–H and O–H groups in total. The van der Waals surface area contributed by atoms with E-state index in [2.05, 4.69) is 57.9 Å². The highest BCUT2D eigenvalue weighted by Crippen LogP contribution is 2.47. The number of rotatable bonds is 11. The summed E-state index contributed by atoms with van der Waals surface area (Å²) in [4.78, 5) is 28.8. The fraction of sp³-hybridized carbons (Fsp3) is 0.560. The van der Waals surface area contributed by atoms with Gasteiger partial charge in [0, 0.05) is 75.8 Å². The zero-order chi connectivity index (χ0) is 47.5. The molecule has 5 aromatic rings. The lowest BCUT2D eigenvalue weighted by atomic mass is 9.91. The van der Waals surface area contributed by atoms with Gasteiger partial charge >= 0.3 is 12.1 Å². The SMILES string of the molecule is COCOc1cc(-c2c(F)c3nc(OC[C@@]45CCCN4C[C@H](F)C5)nc(N4CCN(C(=O)OC(C)(C)C)CC4)c3c3cn(C)nc23)c2c(C#C[Si](C(C)C)(C(C)C)C(C)C)c(F)ccc2c1. The van der Waals surface area contributed by atoms with Crippen molar-refractivity contribution in [3.63, 3.8) is 0 Å². The van der Waals surface area contributed by atoms with E-state index in [4.69, 9.17) is 34.0 Å². The number of anilines is 1. The van der Waals surface area contributed by atoms with Gasteiger partial charge in [-0.05, 0) is 85.9 Å². The summed E-state index contributed by atoms with van der Waals surface area (Å²) in [5.74, 6) is 2.93. The Labute approximate surface area is 387 Å². The molecule has 3 aromatic carbocycles. The number of alkyl halides is 1. The van der Waals surface area contributed by atoms with Gasteiger partial charge in [-0.25, -0.2) is 18.0 Å². The highest BCUT2D eigenvalue weighted by molar-refractivity contribution is 6.90. The van der Waals surface area contributed by atoms with Gasteiger partial charge in [-0.15, -0.1) is 5.54 Å². The number of piperazine rings is 1. The molecule has 66 heavy (non-hydrogen) atoms. The van der Waals surface area contributed by atoms with Gasteiger partial charge in [-0.1, -0.05) is 53.5 Å². The van der Waals surface area contributed by atoms with Crippen LogP contribution in [-0.4, -0.2) is 121 Å². The van der Waals surface area contributed by atoms with Gasteiger partial charge in [0.15, 0.2) is 12.6 Å². The number of methoxy groups -OCH3 is 1. The van der Waals surface area contributed by atoms with Crippen molar-refractivity contribution in [1.29, 1.82) is 0 Å². The summed E-state index contributed by atoms with van der Waals surface area (Å²) in [6, 6.07) is 6.49. The summed E-state index contributed by atoms with van der Waals surface area (Å²) in [5, 5.41) is 6.87. The van der Waals surface area contributed by atoms with Crippen molar-refractivity contribution >= 4 is 52.6 Å². The van der Waals surface area contributed by atoms with Crippen LogP contribution >= 0.6 is 0 Å². The Bertz CT molecular complexity index is 2700. The predicted molar refractivity (Wildman–Crippen MR) is 256 cm³/mol. The lowest BCUT2D eigenvalue weighted by Gasteiger charge is -2.38. The minimum atomic E-state index is -2.36. The zero-order valence-electron chi connectivity index (χ0n) is 40.3. The van der Waals surface area contributed by atoms with Crippen molar-refractivity contribution < 1.29 is 36.9 Å². The number of hydrogen-bond acceptors (Lipinski definition) is 10. The number of carbonyl (C=O) groups excluding carboxylic acids is 1. The second-order valence-corrected chi connectivity index (χ2v) is 25.9. The number of benzene rings is 3. The van der Waals surface area contributed by atoms with Crippen LogP contribution in [0.15, 0.2) is 30.5 Å². The van der Waals surface area contributed by atoms with Gasteiger partial charge in [0.2, 0.25) is 0 Å². The molecular formula is C50H64F3N7O5Si. The number of carbonyl (C=O) groups is 1. The monoisotopic (exact) mass is 927 g/mol. The molecule has 3 aliphatic rings. The summed E-state index contributed by atoms with van der Waals surface area (Å²) in [5.41, 5.74) is 4.24. The molecular weight excluding hydrogens is 864 g/mol. The Morgan fingerprint density at radius 2 is 1.67 bits per heavy atom. The molecule has 0 radical (unpaired) electrons. The first-order valence-corrected chi connectivity index (χ1v) is 25.5. The first-order valence-electron chi connectivity index (χ1n) is 23.3. The first kappa shape index (κ1) is 47.4. The van der Waals surface area contributed by atoms with E-state index in [1.165, 1.54) is 13.2 Å². The average molecular weight is 928 g/mol. The number of aromatic nitrogens is 4. The lowest BCUT2D eigenvalue weighted by Crippen LogP contribution is -2.50. The van der Waals surface area contributed by atoms with Crippen molar-refractivity contribution in [2.45, 2.75) is 116 Å². The van der Waals surface area contributed by atoms with Crippen LogP contribution in [0.2, 0.25) is 16.6 Å². The Morgan fingerprint density at radius 1 is 0.955 bits per heavy atom. The number of halogens is 3. The van der Waals surface area contributed by atoms with E-state index in [-0.39, 0.29) is 52.7 Å². The second-order valence-electron chi connectivity index (χ2n) is 20.3. The largest absolute Gasteiger partial charge is 0.468 e. The van der Waals surface area contributed by atoms with E-state index in [0.717, 1.165) is 19.4 Å². The normalized spacial score (nSPS) is 19.4. The van der Waals surface area contributed by atoms with Crippen molar-refractivity contribution in [1.82, 2.24) is 29.5 Å². The van der Waals surface area contributed by atoms with E-state index >= 15 is 8.78 Å². The average Bonchev–Trinajstić information content (AvgIpc) is 3.92. The molecule has 3 saturated heterocycles. The maximum absolute atomic E-state index is 18.5. The molecule has 2 aromatic heterocycles. The number of ether oxygens (including phenoxy) is 4. The molecule has 0 unspecified atom stereocenters. The fourth-order valence-electron chi connectivity index (χ4n) is 11.1. The molecule has 1 amide bonds. The third-order valence-electron chi connectivity index (χ3n) is 14.0. The standard InChI is InChI=1S/C50H64F3N7O5Si/c1-30(2)66(31(3)4,32(5)6)22-15-36-39(52)14-13-33-23-35(64-29-62-11)24-37(40(33)36)41-43(53)45-42(38-27-57(10)56-44(38)41)46(58-18-20-59(21-19-58)48(61)65-49(7,8)9)55-47(54-45)63-28-50-16-12-17-60(50)26-34(51)25-50/h13-14,23-24,27,30-32,34H,12,16-21,25-26,28-29H2,1-11H3/t34-,50+/m1/s1. The Balaban J connectivity index is 1.37. The number of aryl methyl sites for hydroxylation is 1. The van der Waals surface area contributed by atoms with Crippen molar-refractivity contribution in [3.8, 4) is 34.4 Å². The van der Waals surface area contributed by atoms with Crippen molar-refractivity contribution in [2.24, 2.45) is 7.05 Å². The van der Waals surface area contributed by atoms with Crippen LogP contribution in [0.4, 0.5) is 23.8 Å². The van der Waals surface area contributed by atoms with Gasteiger partial charge in [0.05, 0.1) is 16.5 Å². The molecule has 354 valence electrons. The second kappa shape index (κ2) is 18.2. The summed E-state index contributed by atoms with van der Waals surface area (Å²) in [6.45, 7) is 21.3. The van der Waals surface area contributed by atoms with Gasteiger partial charge in [-0.3, -0.25) is 9.58 Å². The molecule has 3 aliphatic heterocycles. The number of hydrogen-bond donors (Lipinski definition) is 0. The molecule has 12 nitrogen and oxygen atoms in total. The maximum atomic E-state index is 18.5. The Morgan fingerprint density at radius 3 is 2.33 bits per heavy atom. The molecule has 5 heterocycles. The minimum Gasteiger partial charge on any atom is -0.468 e. The molecule has 0 aliphatic carbocycles. The molecule has 3 fully saturated rings. The first-order chi connectivity index (χ1) is 31.3. The van der Waals surface area contributed by atoms with E-state index in [0.29, 0.717) is 83.3 Å². The summed E-state index contributed by atoms with van der Waals surface area (Å²) >= 11 is 0. The van der Waals surface area contributed by atoms with Crippen molar-refractivity contribution in [3.05, 3.63) is 47.7 Å². The van der Waals surface area contributed by atoms with E-state index in [9.17, 15) is 9.18 Å². The topological polar surface area (TPSA) is 107 Å². The van der Waals surface area contributed by atoms with Gasteiger partial charge in [0.25, 0.3) is 0 Å². The third-order valence-corrected chi connectivity index (χ3v) is 20.3. The minimum absolute atomic E-state index is 0.0260. The van der Waals surface area contributed by atoms with Crippen LogP contribution in [0.3, 0.4) is 0 Å². The molecule has 0 saturated carbocycles.